The molecule has 0 bridgehead atoms. The van der Waals surface area contributed by atoms with Crippen molar-refractivity contribution in [2.75, 3.05) is 19.7 Å². The Kier molecular flexibility index (Phi) is 9.62. The van der Waals surface area contributed by atoms with Crippen molar-refractivity contribution >= 4 is 10.0 Å². The molecule has 0 amide bonds. The SMILES string of the molecule is CCCN(C[C@H](O)CO)S(=O)(=O)C(F)(F)C(F)(F)C(F)(F)C(F)(F)C(F)(F)C(F)(F)C(F)(F)C(F)(F)F. The third kappa shape index (κ3) is 5.03. The van der Waals surface area contributed by atoms with Crippen LogP contribution in [0.3, 0.4) is 0 Å². The van der Waals surface area contributed by atoms with E-state index in [1.807, 2.05) is 0 Å². The van der Waals surface area contributed by atoms with E-state index in [0.717, 1.165) is 6.92 Å². The summed E-state index contributed by atoms with van der Waals surface area (Å²) in [6.45, 7) is -3.90. The molecule has 0 aromatic heterocycles. The third-order valence-corrected chi connectivity index (χ3v) is 6.37. The number of hydrogen-bond acceptors (Lipinski definition) is 4. The second-order valence-corrected chi connectivity index (χ2v) is 9.14. The molecular formula is C14H14F17NO4S. The van der Waals surface area contributed by atoms with E-state index in [0.29, 0.717) is 0 Å². The standard InChI is InChI=1S/C14H14F17NO4S/c1-2-3-32(4-6(34)5-33)37(35,36)14(30,31)12(25,26)10(21,22)8(17,18)7(15,16)9(19,20)11(23,24)13(27,28)29/h6,33-34H,2-5H2,1H3/t6-/m0/s1. The van der Waals surface area contributed by atoms with Crippen molar-refractivity contribution in [1.29, 1.82) is 0 Å². The molecule has 0 unspecified atom stereocenters. The second kappa shape index (κ2) is 9.99. The van der Waals surface area contributed by atoms with Crippen LogP contribution >= 0.6 is 0 Å². The summed E-state index contributed by atoms with van der Waals surface area (Å²) in [5.41, 5.74) is 0. The Morgan fingerprint density at radius 3 is 1.27 bits per heavy atom. The van der Waals surface area contributed by atoms with Crippen LogP contribution in [0.15, 0.2) is 0 Å². The summed E-state index contributed by atoms with van der Waals surface area (Å²) in [5.74, 6) is -52.0. The van der Waals surface area contributed by atoms with Crippen LogP contribution in [0.5, 0.6) is 0 Å². The molecule has 0 aliphatic rings. The Morgan fingerprint density at radius 2 is 0.973 bits per heavy atom. The summed E-state index contributed by atoms with van der Waals surface area (Å²) in [7, 11) is -7.50. The molecule has 0 radical (unpaired) electrons. The average molecular weight is 615 g/mol. The maximum Gasteiger partial charge on any atom is 0.460 e. The van der Waals surface area contributed by atoms with Crippen LogP contribution in [0.1, 0.15) is 13.3 Å². The van der Waals surface area contributed by atoms with Crippen molar-refractivity contribution in [2.45, 2.75) is 66.4 Å². The van der Waals surface area contributed by atoms with Crippen LogP contribution in [0.4, 0.5) is 74.6 Å². The zero-order valence-electron chi connectivity index (χ0n) is 17.4. The average Bonchev–Trinajstić information content (AvgIpc) is 2.71. The molecule has 0 rings (SSSR count). The third-order valence-electron chi connectivity index (χ3n) is 4.46. The minimum absolute atomic E-state index is 0.692. The van der Waals surface area contributed by atoms with Crippen LogP contribution in [0.2, 0.25) is 0 Å². The summed E-state index contributed by atoms with van der Waals surface area (Å²) >= 11 is 0. The maximum atomic E-state index is 14.1. The van der Waals surface area contributed by atoms with Crippen molar-refractivity contribution in [1.82, 2.24) is 4.31 Å². The number of rotatable bonds is 13. The van der Waals surface area contributed by atoms with Gasteiger partial charge >= 0.3 is 47.0 Å². The molecule has 0 aliphatic carbocycles. The first-order chi connectivity index (χ1) is 15.9. The van der Waals surface area contributed by atoms with Gasteiger partial charge in [0.1, 0.15) is 0 Å². The molecule has 224 valence electrons. The van der Waals surface area contributed by atoms with E-state index < -0.39 is 93.5 Å². The van der Waals surface area contributed by atoms with E-state index in [1.165, 1.54) is 0 Å². The molecule has 1 atom stereocenters. The molecule has 0 aromatic carbocycles. The lowest BCUT2D eigenvalue weighted by Crippen LogP contribution is -2.75. The molecule has 0 spiro atoms. The van der Waals surface area contributed by atoms with E-state index in [1.54, 1.807) is 0 Å². The molecule has 0 aromatic rings. The number of sulfonamides is 1. The van der Waals surface area contributed by atoms with Crippen LogP contribution in [0.25, 0.3) is 0 Å². The molecule has 23 heteroatoms. The summed E-state index contributed by atoms with van der Waals surface area (Å²) in [6, 6.07) is 0. The Balaban J connectivity index is 7.04. The lowest BCUT2D eigenvalue weighted by Gasteiger charge is -2.43. The number of alkyl halides is 17. The molecule has 0 saturated heterocycles. The van der Waals surface area contributed by atoms with Crippen molar-refractivity contribution in [3.05, 3.63) is 0 Å². The van der Waals surface area contributed by atoms with Gasteiger partial charge in [0.15, 0.2) is 0 Å². The van der Waals surface area contributed by atoms with Crippen LogP contribution in [-0.4, -0.2) is 95.7 Å². The Hall–Kier alpha value is -1.36. The largest absolute Gasteiger partial charge is 0.460 e. The van der Waals surface area contributed by atoms with Crippen LogP contribution in [0, 0.1) is 0 Å². The number of nitrogens with zero attached hydrogens (tertiary/aromatic N) is 1. The van der Waals surface area contributed by atoms with Gasteiger partial charge in [0.05, 0.1) is 12.7 Å². The summed E-state index contributed by atoms with van der Waals surface area (Å²) in [6.07, 6.45) is -11.0. The van der Waals surface area contributed by atoms with Crippen molar-refractivity contribution in [3.63, 3.8) is 0 Å². The minimum Gasteiger partial charge on any atom is -0.394 e. The number of aliphatic hydroxyl groups is 2. The smallest absolute Gasteiger partial charge is 0.394 e. The van der Waals surface area contributed by atoms with Crippen molar-refractivity contribution < 1.29 is 93.3 Å². The van der Waals surface area contributed by atoms with Crippen molar-refractivity contribution in [3.8, 4) is 0 Å². The van der Waals surface area contributed by atoms with E-state index in [9.17, 15) is 83.1 Å². The van der Waals surface area contributed by atoms with E-state index in [-0.39, 0.29) is 0 Å². The highest BCUT2D eigenvalue weighted by Gasteiger charge is 2.96. The lowest BCUT2D eigenvalue weighted by atomic mass is 9.91. The van der Waals surface area contributed by atoms with Gasteiger partial charge in [0.2, 0.25) is 0 Å². The summed E-state index contributed by atoms with van der Waals surface area (Å²) in [5, 5.41) is 10.00. The number of hydrogen-bond donors (Lipinski definition) is 2. The Bertz CT molecular complexity index is 902. The van der Waals surface area contributed by atoms with Crippen LogP contribution in [-0.2, 0) is 10.0 Å². The Morgan fingerprint density at radius 1 is 0.649 bits per heavy atom. The lowest BCUT2D eigenvalue weighted by molar-refractivity contribution is -0.458. The summed E-state index contributed by atoms with van der Waals surface area (Å²) in [4.78, 5) is 0. The van der Waals surface area contributed by atoms with Gasteiger partial charge in [-0.1, -0.05) is 6.92 Å². The fourth-order valence-corrected chi connectivity index (χ4v) is 3.89. The zero-order chi connectivity index (χ0) is 30.5. The van der Waals surface area contributed by atoms with E-state index in [2.05, 4.69) is 0 Å². The zero-order valence-corrected chi connectivity index (χ0v) is 18.2. The first kappa shape index (κ1) is 35.6. The van der Waals surface area contributed by atoms with Crippen molar-refractivity contribution in [2.24, 2.45) is 0 Å². The predicted octanol–water partition coefficient (Wildman–Crippen LogP) is 4.35. The molecule has 0 saturated carbocycles. The van der Waals surface area contributed by atoms with E-state index in [4.69, 9.17) is 10.2 Å². The van der Waals surface area contributed by atoms with Gasteiger partial charge in [-0.05, 0) is 6.42 Å². The maximum absolute atomic E-state index is 14.1. The fraction of sp³-hybridized carbons (Fsp3) is 1.00. The van der Waals surface area contributed by atoms with Gasteiger partial charge in [-0.25, -0.2) is 8.42 Å². The number of aliphatic hydroxyl groups excluding tert-OH is 2. The highest BCUT2D eigenvalue weighted by atomic mass is 32.2. The van der Waals surface area contributed by atoms with Gasteiger partial charge in [-0.3, -0.25) is 0 Å². The second-order valence-electron chi connectivity index (χ2n) is 7.16. The minimum atomic E-state index is -8.92. The van der Waals surface area contributed by atoms with Gasteiger partial charge in [-0.2, -0.15) is 78.9 Å². The molecule has 0 heterocycles. The molecule has 0 aliphatic heterocycles. The first-order valence-corrected chi connectivity index (χ1v) is 10.4. The highest BCUT2D eigenvalue weighted by molar-refractivity contribution is 7.90. The van der Waals surface area contributed by atoms with Gasteiger partial charge in [-0.15, -0.1) is 0 Å². The molecule has 0 fully saturated rings. The van der Waals surface area contributed by atoms with E-state index >= 15 is 0 Å². The first-order valence-electron chi connectivity index (χ1n) is 8.91. The van der Waals surface area contributed by atoms with Gasteiger partial charge in [0.25, 0.3) is 10.0 Å². The highest BCUT2D eigenvalue weighted by Crippen LogP contribution is 2.64. The predicted molar refractivity (Wildman–Crippen MR) is 84.6 cm³/mol. The Labute approximate surface area is 194 Å². The monoisotopic (exact) mass is 615 g/mol. The molecular weight excluding hydrogens is 601 g/mol. The van der Waals surface area contributed by atoms with Gasteiger partial charge < -0.3 is 10.2 Å². The normalized spacial score (nSPS) is 16.9. The van der Waals surface area contributed by atoms with Gasteiger partial charge in [0, 0.05) is 13.1 Å². The molecule has 5 nitrogen and oxygen atoms in total. The molecule has 37 heavy (non-hydrogen) atoms. The topological polar surface area (TPSA) is 77.8 Å². The van der Waals surface area contributed by atoms with Crippen LogP contribution < -0.4 is 0 Å². The molecule has 2 N–H and O–H groups in total. The summed E-state index contributed by atoms with van der Waals surface area (Å²) < 4.78 is 249. The fourth-order valence-electron chi connectivity index (χ4n) is 2.33. The quantitative estimate of drug-likeness (QED) is 0.303. The number of halogens is 17.